The Kier molecular flexibility index (Phi) is 0.980. The van der Waals surface area contributed by atoms with E-state index in [0.29, 0.717) is 0 Å². The van der Waals surface area contributed by atoms with Gasteiger partial charge >= 0.3 is 0 Å². The van der Waals surface area contributed by atoms with Crippen LogP contribution in [0.2, 0.25) is 0 Å². The van der Waals surface area contributed by atoms with Gasteiger partial charge in [0.15, 0.2) is 0 Å². The molecule has 2 fully saturated rings. The summed E-state index contributed by atoms with van der Waals surface area (Å²) in [4.78, 5) is 0. The van der Waals surface area contributed by atoms with Crippen molar-refractivity contribution in [1.82, 2.24) is 0 Å². The molecule has 0 N–H and O–H groups in total. The van der Waals surface area contributed by atoms with Crippen LogP contribution in [-0.4, -0.2) is 0 Å². The maximum Gasteiger partial charge on any atom is -0.0243 e. The molecule has 2 saturated carbocycles. The van der Waals surface area contributed by atoms with Crippen molar-refractivity contribution in [3.05, 3.63) is 0 Å². The van der Waals surface area contributed by atoms with Gasteiger partial charge in [-0.1, -0.05) is 20.3 Å². The van der Waals surface area contributed by atoms with Gasteiger partial charge in [0, 0.05) is 0 Å². The van der Waals surface area contributed by atoms with Crippen LogP contribution in [0.25, 0.3) is 0 Å². The van der Waals surface area contributed by atoms with E-state index < -0.39 is 0 Å². The Bertz CT molecular complexity index is 122. The zero-order chi connectivity index (χ0) is 6.48. The number of hydrogen-bond acceptors (Lipinski definition) is 0. The Morgan fingerprint density at radius 1 is 1.44 bits per heavy atom. The zero-order valence-electron chi connectivity index (χ0n) is 6.48. The Hall–Kier alpha value is 0. The zero-order valence-corrected chi connectivity index (χ0v) is 6.48. The molecule has 52 valence electrons. The van der Waals surface area contributed by atoms with Gasteiger partial charge in [0.1, 0.15) is 0 Å². The minimum atomic E-state index is 0.861. The first-order chi connectivity index (χ1) is 4.26. The minimum Gasteiger partial charge on any atom is -0.0622 e. The first-order valence-electron chi connectivity index (χ1n) is 4.26. The van der Waals surface area contributed by atoms with Gasteiger partial charge in [-0.05, 0) is 36.5 Å². The van der Waals surface area contributed by atoms with Gasteiger partial charge in [0.05, 0.1) is 0 Å². The van der Waals surface area contributed by atoms with Crippen molar-refractivity contribution in [2.45, 2.75) is 39.5 Å². The topological polar surface area (TPSA) is 0 Å². The summed E-state index contributed by atoms with van der Waals surface area (Å²) in [6.07, 6.45) is 6.15. The van der Waals surface area contributed by atoms with Gasteiger partial charge in [0.25, 0.3) is 0 Å². The highest BCUT2D eigenvalue weighted by Gasteiger charge is 2.57. The maximum atomic E-state index is 2.39. The standard InChI is InChI=1S/C9H16/c1-7(2)9-5-3-4-8(9)6-9/h7-8H,3-6H2,1-2H3/t8-,9+/m0/s1. The van der Waals surface area contributed by atoms with Crippen molar-refractivity contribution in [2.75, 3.05) is 0 Å². The summed E-state index contributed by atoms with van der Waals surface area (Å²) in [5.41, 5.74) is 0.861. The largest absolute Gasteiger partial charge is 0.0622 e. The third-order valence-corrected chi connectivity index (χ3v) is 3.62. The van der Waals surface area contributed by atoms with E-state index in [4.69, 9.17) is 0 Å². The molecule has 0 aromatic heterocycles. The highest BCUT2D eigenvalue weighted by Crippen LogP contribution is 2.67. The molecule has 0 unspecified atom stereocenters. The molecule has 2 aliphatic carbocycles. The fourth-order valence-corrected chi connectivity index (χ4v) is 2.77. The fraction of sp³-hybridized carbons (Fsp3) is 1.00. The summed E-state index contributed by atoms with van der Waals surface area (Å²) in [7, 11) is 0. The van der Waals surface area contributed by atoms with Crippen LogP contribution in [0, 0.1) is 17.3 Å². The van der Waals surface area contributed by atoms with E-state index in [0.717, 1.165) is 17.3 Å². The van der Waals surface area contributed by atoms with E-state index in [-0.39, 0.29) is 0 Å². The van der Waals surface area contributed by atoms with E-state index in [2.05, 4.69) is 13.8 Å². The van der Waals surface area contributed by atoms with Crippen LogP contribution in [0.4, 0.5) is 0 Å². The van der Waals surface area contributed by atoms with Gasteiger partial charge in [0.2, 0.25) is 0 Å². The van der Waals surface area contributed by atoms with Gasteiger partial charge in [-0.15, -0.1) is 0 Å². The Balaban J connectivity index is 2.10. The molecule has 0 aromatic rings. The van der Waals surface area contributed by atoms with E-state index in [9.17, 15) is 0 Å². The molecular weight excluding hydrogens is 108 g/mol. The second-order valence-electron chi connectivity index (χ2n) is 4.18. The van der Waals surface area contributed by atoms with Crippen molar-refractivity contribution < 1.29 is 0 Å². The summed E-state index contributed by atoms with van der Waals surface area (Å²) < 4.78 is 0. The predicted molar refractivity (Wildman–Crippen MR) is 39.2 cm³/mol. The van der Waals surface area contributed by atoms with E-state index >= 15 is 0 Å². The number of rotatable bonds is 1. The monoisotopic (exact) mass is 124 g/mol. The van der Waals surface area contributed by atoms with Crippen molar-refractivity contribution in [3.8, 4) is 0 Å². The molecule has 0 saturated heterocycles. The van der Waals surface area contributed by atoms with Crippen LogP contribution in [0.3, 0.4) is 0 Å². The van der Waals surface area contributed by atoms with Crippen LogP contribution in [0.1, 0.15) is 39.5 Å². The average molecular weight is 124 g/mol. The SMILES string of the molecule is CC(C)[C@]12CCC[C@H]1C2. The fourth-order valence-electron chi connectivity index (χ4n) is 2.77. The summed E-state index contributed by atoms with van der Waals surface area (Å²) in [5, 5.41) is 0. The van der Waals surface area contributed by atoms with Crippen molar-refractivity contribution >= 4 is 0 Å². The lowest BCUT2D eigenvalue weighted by Crippen LogP contribution is -2.07. The molecule has 2 atom stereocenters. The summed E-state index contributed by atoms with van der Waals surface area (Å²) in [5.74, 6) is 2.11. The Morgan fingerprint density at radius 2 is 2.22 bits per heavy atom. The minimum absolute atomic E-state index is 0.861. The third kappa shape index (κ3) is 0.595. The van der Waals surface area contributed by atoms with Crippen molar-refractivity contribution in [2.24, 2.45) is 17.3 Å². The average Bonchev–Trinajstić information content (AvgIpc) is 2.38. The molecular formula is C9H16. The lowest BCUT2D eigenvalue weighted by atomic mass is 9.90. The molecule has 2 rings (SSSR count). The lowest BCUT2D eigenvalue weighted by molar-refractivity contribution is 0.343. The Labute approximate surface area is 57.6 Å². The first kappa shape index (κ1) is 5.76. The second-order valence-corrected chi connectivity index (χ2v) is 4.18. The molecule has 2 aliphatic rings. The van der Waals surface area contributed by atoms with Crippen molar-refractivity contribution in [1.29, 1.82) is 0 Å². The summed E-state index contributed by atoms with van der Waals surface area (Å²) in [6, 6.07) is 0. The van der Waals surface area contributed by atoms with Crippen LogP contribution >= 0.6 is 0 Å². The van der Waals surface area contributed by atoms with Crippen LogP contribution in [0.15, 0.2) is 0 Å². The molecule has 0 spiro atoms. The second kappa shape index (κ2) is 1.53. The maximum absolute atomic E-state index is 2.39. The van der Waals surface area contributed by atoms with E-state index in [1.807, 2.05) is 0 Å². The molecule has 9 heavy (non-hydrogen) atoms. The molecule has 0 nitrogen and oxygen atoms in total. The lowest BCUT2D eigenvalue weighted by Gasteiger charge is -2.15. The molecule has 0 amide bonds. The van der Waals surface area contributed by atoms with Gasteiger partial charge in [-0.2, -0.15) is 0 Å². The predicted octanol–water partition coefficient (Wildman–Crippen LogP) is 2.83. The molecule has 0 radical (unpaired) electrons. The highest BCUT2D eigenvalue weighted by molar-refractivity contribution is 5.07. The first-order valence-corrected chi connectivity index (χ1v) is 4.26. The Morgan fingerprint density at radius 3 is 2.44 bits per heavy atom. The normalized spacial score (nSPS) is 47.7. The quantitative estimate of drug-likeness (QED) is 0.504. The number of hydrogen-bond donors (Lipinski definition) is 0. The summed E-state index contributed by atoms with van der Waals surface area (Å²) >= 11 is 0. The van der Waals surface area contributed by atoms with Crippen molar-refractivity contribution in [3.63, 3.8) is 0 Å². The van der Waals surface area contributed by atoms with E-state index in [1.165, 1.54) is 19.3 Å². The molecule has 0 aromatic carbocycles. The van der Waals surface area contributed by atoms with Gasteiger partial charge in [-0.25, -0.2) is 0 Å². The van der Waals surface area contributed by atoms with Gasteiger partial charge in [-0.3, -0.25) is 0 Å². The molecule has 0 bridgehead atoms. The van der Waals surface area contributed by atoms with Crippen LogP contribution in [-0.2, 0) is 0 Å². The highest BCUT2D eigenvalue weighted by atomic mass is 14.6. The molecule has 0 aliphatic heterocycles. The van der Waals surface area contributed by atoms with Gasteiger partial charge < -0.3 is 0 Å². The third-order valence-electron chi connectivity index (χ3n) is 3.62. The smallest absolute Gasteiger partial charge is 0.0243 e. The molecule has 0 heterocycles. The van der Waals surface area contributed by atoms with Crippen LogP contribution < -0.4 is 0 Å². The molecule has 0 heteroatoms. The van der Waals surface area contributed by atoms with Crippen LogP contribution in [0.5, 0.6) is 0 Å². The number of fused-ring (bicyclic) bond motifs is 1. The van der Waals surface area contributed by atoms with E-state index in [1.54, 1.807) is 6.42 Å². The summed E-state index contributed by atoms with van der Waals surface area (Å²) in [6.45, 7) is 4.79.